The Labute approximate surface area is 143 Å². The molecule has 0 unspecified atom stereocenters. The van der Waals surface area contributed by atoms with Crippen molar-refractivity contribution in [2.45, 2.75) is 16.7 Å². The smallest absolute Gasteiger partial charge is 0.295 e. The number of imidazole rings is 1. The largest absolute Gasteiger partial charge is 0.328 e. The molecule has 8 nitrogen and oxygen atoms in total. The van der Waals surface area contributed by atoms with Crippen LogP contribution in [0.25, 0.3) is 11.0 Å². The molecule has 0 radical (unpaired) electrons. The van der Waals surface area contributed by atoms with Crippen LogP contribution < -0.4 is 5.69 Å². The number of nitro benzene ring substituents is 1. The summed E-state index contributed by atoms with van der Waals surface area (Å²) < 4.78 is 28.3. The summed E-state index contributed by atoms with van der Waals surface area (Å²) in [5.74, 6) is 0. The van der Waals surface area contributed by atoms with Gasteiger partial charge in [0.25, 0.3) is 5.69 Å². The number of hydrogen-bond acceptors (Lipinski definition) is 5. The average Bonchev–Trinajstić information content (AvgIpc) is 2.78. The van der Waals surface area contributed by atoms with Gasteiger partial charge in [0.05, 0.1) is 20.9 Å². The molecule has 1 aromatic heterocycles. The van der Waals surface area contributed by atoms with E-state index in [9.17, 15) is 23.3 Å². The van der Waals surface area contributed by atoms with Gasteiger partial charge in [-0.3, -0.25) is 19.2 Å². The average molecular weight is 361 g/mol. The van der Waals surface area contributed by atoms with Crippen molar-refractivity contribution >= 4 is 26.6 Å². The lowest BCUT2D eigenvalue weighted by Crippen LogP contribution is -2.19. The molecular formula is C16H15N3O5S. The number of hydrogen-bond donors (Lipinski definition) is 0. The van der Waals surface area contributed by atoms with E-state index in [1.54, 1.807) is 12.1 Å². The molecule has 0 N–H and O–H groups in total. The molecule has 0 amide bonds. The third-order valence-electron chi connectivity index (χ3n) is 4.17. The molecule has 0 atom stereocenters. The van der Waals surface area contributed by atoms with Gasteiger partial charge in [-0.1, -0.05) is 17.7 Å². The van der Waals surface area contributed by atoms with E-state index < -0.39 is 31.0 Å². The lowest BCUT2D eigenvalue weighted by molar-refractivity contribution is -0.387. The molecule has 3 aromatic rings. The van der Waals surface area contributed by atoms with E-state index in [-0.39, 0.29) is 4.90 Å². The summed E-state index contributed by atoms with van der Waals surface area (Å²) in [6.07, 6.45) is 0. The number of rotatable bonds is 3. The fourth-order valence-electron chi connectivity index (χ4n) is 2.72. The molecule has 0 aliphatic rings. The number of nitrogens with zero attached hydrogens (tertiary/aromatic N) is 3. The Hall–Kier alpha value is -2.94. The van der Waals surface area contributed by atoms with E-state index in [1.807, 2.05) is 6.92 Å². The van der Waals surface area contributed by atoms with Crippen LogP contribution in [0, 0.1) is 17.0 Å². The summed E-state index contributed by atoms with van der Waals surface area (Å²) in [5.41, 5.74) is 0.517. The van der Waals surface area contributed by atoms with Crippen LogP contribution in [0.1, 0.15) is 5.56 Å². The second-order valence-corrected chi connectivity index (χ2v) is 7.70. The maximum Gasteiger partial charge on any atom is 0.328 e. The SMILES string of the molecule is Cc1ccc(S(=O)(=O)c2cc3c(cc2[N+](=O)[O-])n(C)c(=O)n3C)cc1. The minimum Gasteiger partial charge on any atom is -0.295 e. The standard InChI is InChI=1S/C16H15N3O5S/c1-10-4-6-11(7-5-10)25(23,24)15-9-13-12(8-14(15)19(21)22)17(2)16(20)18(13)3/h4-9H,1-3H3. The molecular weight excluding hydrogens is 346 g/mol. The van der Waals surface area contributed by atoms with Crippen LogP contribution in [0.3, 0.4) is 0 Å². The fourth-order valence-corrected chi connectivity index (χ4v) is 4.14. The van der Waals surface area contributed by atoms with Crippen molar-refractivity contribution in [3.05, 3.63) is 62.6 Å². The highest BCUT2D eigenvalue weighted by molar-refractivity contribution is 7.91. The number of fused-ring (bicyclic) bond motifs is 1. The Morgan fingerprint density at radius 1 is 1.00 bits per heavy atom. The summed E-state index contributed by atoms with van der Waals surface area (Å²) in [7, 11) is -1.15. The molecule has 0 spiro atoms. The Morgan fingerprint density at radius 3 is 2.04 bits per heavy atom. The third-order valence-corrected chi connectivity index (χ3v) is 5.97. The molecule has 0 saturated carbocycles. The quantitative estimate of drug-likeness (QED) is 0.524. The minimum absolute atomic E-state index is 0.0403. The summed E-state index contributed by atoms with van der Waals surface area (Å²) in [6.45, 7) is 1.81. The van der Waals surface area contributed by atoms with Crippen LogP contribution in [0.2, 0.25) is 0 Å². The Morgan fingerprint density at radius 2 is 1.52 bits per heavy atom. The number of nitro groups is 1. The zero-order valence-corrected chi connectivity index (χ0v) is 14.6. The third kappa shape index (κ3) is 2.52. The summed E-state index contributed by atoms with van der Waals surface area (Å²) >= 11 is 0. The maximum atomic E-state index is 12.9. The highest BCUT2D eigenvalue weighted by atomic mass is 32.2. The van der Waals surface area contributed by atoms with Gasteiger partial charge in [0, 0.05) is 20.2 Å². The zero-order valence-electron chi connectivity index (χ0n) is 13.8. The van der Waals surface area contributed by atoms with Gasteiger partial charge in [-0.05, 0) is 25.1 Å². The monoisotopic (exact) mass is 361 g/mol. The van der Waals surface area contributed by atoms with E-state index in [0.717, 1.165) is 11.6 Å². The Bertz CT molecular complexity index is 1170. The van der Waals surface area contributed by atoms with Gasteiger partial charge in [-0.2, -0.15) is 0 Å². The van der Waals surface area contributed by atoms with Crippen molar-refractivity contribution in [2.24, 2.45) is 14.1 Å². The van der Waals surface area contributed by atoms with Gasteiger partial charge >= 0.3 is 5.69 Å². The van der Waals surface area contributed by atoms with Crippen molar-refractivity contribution in [3.8, 4) is 0 Å². The topological polar surface area (TPSA) is 104 Å². The van der Waals surface area contributed by atoms with E-state index in [2.05, 4.69) is 0 Å². The summed E-state index contributed by atoms with van der Waals surface area (Å²) in [6, 6.07) is 8.36. The maximum absolute atomic E-state index is 12.9. The van der Waals surface area contributed by atoms with Gasteiger partial charge in [0.15, 0.2) is 4.90 Å². The first-order chi connectivity index (χ1) is 11.6. The molecule has 25 heavy (non-hydrogen) atoms. The van der Waals surface area contributed by atoms with E-state index in [0.29, 0.717) is 11.0 Å². The summed E-state index contributed by atoms with van der Waals surface area (Å²) in [5, 5.41) is 11.4. The van der Waals surface area contributed by atoms with Gasteiger partial charge in [0.2, 0.25) is 9.84 Å². The molecule has 0 bridgehead atoms. The number of sulfone groups is 1. The fraction of sp³-hybridized carbons (Fsp3) is 0.188. The van der Waals surface area contributed by atoms with Crippen LogP contribution >= 0.6 is 0 Å². The number of benzene rings is 2. The van der Waals surface area contributed by atoms with Crippen LogP contribution in [0.15, 0.2) is 51.0 Å². The molecule has 0 aliphatic heterocycles. The van der Waals surface area contributed by atoms with Crippen LogP contribution in [0.4, 0.5) is 5.69 Å². The highest BCUT2D eigenvalue weighted by Gasteiger charge is 2.29. The zero-order chi connectivity index (χ0) is 18.5. The normalized spacial score (nSPS) is 11.8. The first-order valence-electron chi connectivity index (χ1n) is 7.30. The molecule has 2 aromatic carbocycles. The second kappa shape index (κ2) is 5.55. The Kier molecular flexibility index (Phi) is 3.76. The number of aryl methyl sites for hydroxylation is 3. The van der Waals surface area contributed by atoms with Gasteiger partial charge in [0.1, 0.15) is 0 Å². The Balaban J connectivity index is 2.40. The lowest BCUT2D eigenvalue weighted by Gasteiger charge is -2.07. The highest BCUT2D eigenvalue weighted by Crippen LogP contribution is 2.33. The molecule has 0 saturated heterocycles. The van der Waals surface area contributed by atoms with Crippen LogP contribution in [-0.4, -0.2) is 22.5 Å². The predicted octanol–water partition coefficient (Wildman–Crippen LogP) is 1.93. The van der Waals surface area contributed by atoms with Crippen LogP contribution in [-0.2, 0) is 23.9 Å². The summed E-state index contributed by atoms with van der Waals surface area (Å²) in [4.78, 5) is 22.3. The van der Waals surface area contributed by atoms with Crippen molar-refractivity contribution in [1.29, 1.82) is 0 Å². The first kappa shape index (κ1) is 16.9. The molecule has 9 heteroatoms. The molecule has 3 rings (SSSR count). The van der Waals surface area contributed by atoms with Crippen molar-refractivity contribution in [3.63, 3.8) is 0 Å². The molecule has 0 aliphatic carbocycles. The number of aromatic nitrogens is 2. The molecule has 0 fully saturated rings. The van der Waals surface area contributed by atoms with E-state index in [4.69, 9.17) is 0 Å². The lowest BCUT2D eigenvalue weighted by atomic mass is 10.2. The molecule has 1 heterocycles. The van der Waals surface area contributed by atoms with Crippen molar-refractivity contribution in [2.75, 3.05) is 0 Å². The molecule has 130 valence electrons. The van der Waals surface area contributed by atoms with Crippen molar-refractivity contribution in [1.82, 2.24) is 9.13 Å². The van der Waals surface area contributed by atoms with E-state index >= 15 is 0 Å². The van der Waals surface area contributed by atoms with Crippen LogP contribution in [0.5, 0.6) is 0 Å². The second-order valence-electron chi connectivity index (χ2n) is 5.78. The van der Waals surface area contributed by atoms with Gasteiger partial charge in [-0.15, -0.1) is 0 Å². The van der Waals surface area contributed by atoms with Gasteiger partial charge in [-0.25, -0.2) is 13.2 Å². The minimum atomic E-state index is -4.11. The first-order valence-corrected chi connectivity index (χ1v) is 8.78. The van der Waals surface area contributed by atoms with E-state index in [1.165, 1.54) is 41.4 Å². The van der Waals surface area contributed by atoms with Crippen molar-refractivity contribution < 1.29 is 13.3 Å². The van der Waals surface area contributed by atoms with Gasteiger partial charge < -0.3 is 0 Å². The predicted molar refractivity (Wildman–Crippen MR) is 91.4 cm³/mol.